The Bertz CT molecular complexity index is 359. The van der Waals surface area contributed by atoms with Gasteiger partial charge in [-0.3, -0.25) is 4.79 Å². The molecule has 1 aromatic rings. The molecule has 0 aliphatic carbocycles. The minimum atomic E-state index is -0.329. The van der Waals surface area contributed by atoms with E-state index in [1.807, 2.05) is 31.2 Å². The van der Waals surface area contributed by atoms with E-state index in [0.717, 1.165) is 5.56 Å². The van der Waals surface area contributed by atoms with Gasteiger partial charge >= 0.3 is 5.97 Å². The highest BCUT2D eigenvalue weighted by Crippen LogP contribution is 2.03. The van der Waals surface area contributed by atoms with Crippen LogP contribution in [0.5, 0.6) is 0 Å². The summed E-state index contributed by atoms with van der Waals surface area (Å²) >= 11 is 5.11. The van der Waals surface area contributed by atoms with E-state index >= 15 is 0 Å². The molecular formula is C11H13NO2S. The van der Waals surface area contributed by atoms with Gasteiger partial charge in [-0.1, -0.05) is 42.0 Å². The average Bonchev–Trinajstić information content (AvgIpc) is 2.26. The number of rotatable bonds is 3. The number of esters is 1. The molecule has 4 heteroatoms. The fourth-order valence-electron chi connectivity index (χ4n) is 1.03. The number of aryl methyl sites for hydroxylation is 1. The molecule has 3 nitrogen and oxygen atoms in total. The van der Waals surface area contributed by atoms with E-state index in [1.54, 1.807) is 0 Å². The van der Waals surface area contributed by atoms with Gasteiger partial charge in [0, 0.05) is 5.56 Å². The van der Waals surface area contributed by atoms with Gasteiger partial charge in [-0.25, -0.2) is 0 Å². The first-order valence-electron chi connectivity index (χ1n) is 4.55. The van der Waals surface area contributed by atoms with Crippen molar-refractivity contribution in [2.45, 2.75) is 6.92 Å². The molecule has 0 atom stereocenters. The van der Waals surface area contributed by atoms with E-state index in [9.17, 15) is 4.79 Å². The first-order valence-corrected chi connectivity index (χ1v) is 4.96. The molecule has 0 amide bonds. The maximum atomic E-state index is 10.9. The largest absolute Gasteiger partial charge is 0.468 e. The van der Waals surface area contributed by atoms with Crippen LogP contribution >= 0.6 is 12.2 Å². The Labute approximate surface area is 94.4 Å². The van der Waals surface area contributed by atoms with E-state index in [0.29, 0.717) is 4.99 Å². The van der Waals surface area contributed by atoms with Crippen molar-refractivity contribution in [2.75, 3.05) is 13.7 Å². The van der Waals surface area contributed by atoms with Crippen LogP contribution in [-0.4, -0.2) is 24.6 Å². The van der Waals surface area contributed by atoms with Crippen LogP contribution < -0.4 is 5.32 Å². The molecule has 0 aliphatic heterocycles. The quantitative estimate of drug-likeness (QED) is 0.621. The van der Waals surface area contributed by atoms with Gasteiger partial charge in [0.05, 0.1) is 7.11 Å². The smallest absolute Gasteiger partial charge is 0.325 e. The Morgan fingerprint density at radius 3 is 2.53 bits per heavy atom. The van der Waals surface area contributed by atoms with Crippen molar-refractivity contribution in [3.63, 3.8) is 0 Å². The molecule has 1 rings (SSSR count). The zero-order valence-corrected chi connectivity index (χ0v) is 9.56. The van der Waals surface area contributed by atoms with Crippen molar-refractivity contribution < 1.29 is 9.53 Å². The van der Waals surface area contributed by atoms with Crippen molar-refractivity contribution in [1.82, 2.24) is 5.32 Å². The Balaban J connectivity index is 2.54. The van der Waals surface area contributed by atoms with Crippen molar-refractivity contribution in [3.8, 4) is 0 Å². The molecule has 0 aliphatic rings. The molecule has 0 fully saturated rings. The average molecular weight is 223 g/mol. The number of methoxy groups -OCH3 is 1. The molecule has 1 aromatic carbocycles. The Morgan fingerprint density at radius 1 is 1.40 bits per heavy atom. The number of ether oxygens (including phenoxy) is 1. The Morgan fingerprint density at radius 2 is 2.00 bits per heavy atom. The summed E-state index contributed by atoms with van der Waals surface area (Å²) in [4.78, 5) is 11.4. The molecule has 15 heavy (non-hydrogen) atoms. The number of benzene rings is 1. The summed E-state index contributed by atoms with van der Waals surface area (Å²) in [6, 6.07) is 7.78. The summed E-state index contributed by atoms with van der Waals surface area (Å²) in [5, 5.41) is 2.83. The van der Waals surface area contributed by atoms with Gasteiger partial charge in [0.1, 0.15) is 11.5 Å². The van der Waals surface area contributed by atoms with Crippen LogP contribution in [0.2, 0.25) is 0 Å². The number of hydrogen-bond donors (Lipinski definition) is 1. The fraction of sp³-hybridized carbons (Fsp3) is 0.273. The van der Waals surface area contributed by atoms with Gasteiger partial charge in [0.2, 0.25) is 0 Å². The van der Waals surface area contributed by atoms with Crippen LogP contribution in [0.3, 0.4) is 0 Å². The summed E-state index contributed by atoms with van der Waals surface area (Å²) in [6.45, 7) is 2.11. The first kappa shape index (κ1) is 11.7. The van der Waals surface area contributed by atoms with Gasteiger partial charge in [-0.2, -0.15) is 0 Å². The number of carbonyl (C=O) groups excluding carboxylic acids is 1. The summed E-state index contributed by atoms with van der Waals surface area (Å²) < 4.78 is 4.49. The van der Waals surface area contributed by atoms with E-state index in [1.165, 1.54) is 12.7 Å². The predicted molar refractivity (Wildman–Crippen MR) is 62.9 cm³/mol. The Kier molecular flexibility index (Phi) is 4.24. The lowest BCUT2D eigenvalue weighted by Crippen LogP contribution is -2.29. The molecule has 1 N–H and O–H groups in total. The Hall–Kier alpha value is -1.42. The van der Waals surface area contributed by atoms with Gasteiger partial charge < -0.3 is 10.1 Å². The van der Waals surface area contributed by atoms with Gasteiger partial charge in [0.25, 0.3) is 0 Å². The number of hydrogen-bond acceptors (Lipinski definition) is 3. The fourth-order valence-corrected chi connectivity index (χ4v) is 1.24. The van der Waals surface area contributed by atoms with E-state index in [-0.39, 0.29) is 12.5 Å². The maximum Gasteiger partial charge on any atom is 0.325 e. The summed E-state index contributed by atoms with van der Waals surface area (Å²) in [7, 11) is 1.35. The number of nitrogens with one attached hydrogen (secondary N) is 1. The highest BCUT2D eigenvalue weighted by atomic mass is 32.1. The predicted octanol–water partition coefficient (Wildman–Crippen LogP) is 1.43. The molecule has 0 saturated carbocycles. The van der Waals surface area contributed by atoms with Crippen molar-refractivity contribution >= 4 is 23.2 Å². The standard InChI is InChI=1S/C11H13NO2S/c1-8-3-5-9(6-4-8)11(15)12-7-10(13)14-2/h3-6H,7H2,1-2H3,(H,12,15). The van der Waals surface area contributed by atoms with Crippen molar-refractivity contribution in [2.24, 2.45) is 0 Å². The molecule has 0 heterocycles. The second-order valence-corrected chi connectivity index (χ2v) is 3.53. The lowest BCUT2D eigenvalue weighted by Gasteiger charge is -2.06. The van der Waals surface area contributed by atoms with Crippen LogP contribution in [0.1, 0.15) is 11.1 Å². The molecule has 0 bridgehead atoms. The van der Waals surface area contributed by atoms with Crippen LogP contribution in [0.25, 0.3) is 0 Å². The topological polar surface area (TPSA) is 38.3 Å². The van der Waals surface area contributed by atoms with Crippen LogP contribution in [0.4, 0.5) is 0 Å². The minimum Gasteiger partial charge on any atom is -0.468 e. The van der Waals surface area contributed by atoms with Crippen LogP contribution in [0, 0.1) is 6.92 Å². The van der Waals surface area contributed by atoms with E-state index in [2.05, 4.69) is 10.1 Å². The molecule has 0 radical (unpaired) electrons. The molecular weight excluding hydrogens is 210 g/mol. The second kappa shape index (κ2) is 5.46. The monoisotopic (exact) mass is 223 g/mol. The SMILES string of the molecule is COC(=O)CNC(=S)c1ccc(C)cc1. The van der Waals surface area contributed by atoms with E-state index < -0.39 is 0 Å². The summed E-state index contributed by atoms with van der Waals surface area (Å²) in [6.07, 6.45) is 0. The van der Waals surface area contributed by atoms with Gasteiger partial charge in [0.15, 0.2) is 0 Å². The molecule has 80 valence electrons. The maximum absolute atomic E-state index is 10.9. The highest BCUT2D eigenvalue weighted by molar-refractivity contribution is 7.80. The van der Waals surface area contributed by atoms with Crippen molar-refractivity contribution in [1.29, 1.82) is 0 Å². The third-order valence-electron chi connectivity index (χ3n) is 1.93. The van der Waals surface area contributed by atoms with Crippen molar-refractivity contribution in [3.05, 3.63) is 35.4 Å². The highest BCUT2D eigenvalue weighted by Gasteiger charge is 2.03. The molecule has 0 spiro atoms. The second-order valence-electron chi connectivity index (χ2n) is 3.12. The number of thiocarbonyl (C=S) groups is 1. The molecule has 0 saturated heterocycles. The zero-order valence-electron chi connectivity index (χ0n) is 8.74. The normalized spacial score (nSPS) is 9.47. The summed E-state index contributed by atoms with van der Waals surface area (Å²) in [5.41, 5.74) is 2.08. The van der Waals surface area contributed by atoms with Gasteiger partial charge in [-0.05, 0) is 6.92 Å². The number of carbonyl (C=O) groups is 1. The van der Waals surface area contributed by atoms with Crippen LogP contribution in [0.15, 0.2) is 24.3 Å². The first-order chi connectivity index (χ1) is 7.13. The lowest BCUT2D eigenvalue weighted by molar-refractivity contribution is -0.139. The lowest BCUT2D eigenvalue weighted by atomic mass is 10.1. The zero-order chi connectivity index (χ0) is 11.3. The van der Waals surface area contributed by atoms with E-state index in [4.69, 9.17) is 12.2 Å². The third-order valence-corrected chi connectivity index (χ3v) is 2.31. The van der Waals surface area contributed by atoms with Crippen LogP contribution in [-0.2, 0) is 9.53 Å². The van der Waals surface area contributed by atoms with Gasteiger partial charge in [-0.15, -0.1) is 0 Å². The summed E-state index contributed by atoms with van der Waals surface area (Å²) in [5.74, 6) is -0.329. The molecule has 0 aromatic heterocycles. The minimum absolute atomic E-state index is 0.100. The molecule has 0 unspecified atom stereocenters. The third kappa shape index (κ3) is 3.67.